The van der Waals surface area contributed by atoms with Gasteiger partial charge in [0.05, 0.1) is 11.7 Å². The average Bonchev–Trinajstić information content (AvgIpc) is 3.49. The molecule has 3 heterocycles. The highest BCUT2D eigenvalue weighted by atomic mass is 32.1. The van der Waals surface area contributed by atoms with Gasteiger partial charge in [-0.2, -0.15) is 0 Å². The highest BCUT2D eigenvalue weighted by molar-refractivity contribution is 7.18. The van der Waals surface area contributed by atoms with Crippen LogP contribution in [0, 0.1) is 0 Å². The molecule has 0 bridgehead atoms. The minimum atomic E-state index is -0.305. The third kappa shape index (κ3) is 5.20. The van der Waals surface area contributed by atoms with Gasteiger partial charge in [0.15, 0.2) is 0 Å². The van der Waals surface area contributed by atoms with Crippen LogP contribution in [0.25, 0.3) is 20.7 Å². The lowest BCUT2D eigenvalue weighted by molar-refractivity contribution is -0.121. The second-order valence-corrected chi connectivity index (χ2v) is 9.55. The van der Waals surface area contributed by atoms with Gasteiger partial charge < -0.3 is 10.6 Å². The molecule has 0 aliphatic carbocycles. The van der Waals surface area contributed by atoms with E-state index in [1.165, 1.54) is 22.2 Å². The molecular formula is C24H24N4O3S2. The van der Waals surface area contributed by atoms with Gasteiger partial charge in [-0.25, -0.2) is 4.98 Å². The fraction of sp³-hybridized carbons (Fsp3) is 0.250. The molecule has 0 spiro atoms. The van der Waals surface area contributed by atoms with Crippen LogP contribution in [0.15, 0.2) is 58.3 Å². The first-order valence-corrected chi connectivity index (χ1v) is 12.4. The summed E-state index contributed by atoms with van der Waals surface area (Å²) in [5.74, 6) is -0.443. The van der Waals surface area contributed by atoms with Crippen molar-refractivity contribution in [3.05, 3.63) is 75.0 Å². The lowest BCUT2D eigenvalue weighted by atomic mass is 10.1. The molecule has 0 fully saturated rings. The van der Waals surface area contributed by atoms with Gasteiger partial charge in [0.2, 0.25) is 5.91 Å². The normalized spacial score (nSPS) is 11.9. The van der Waals surface area contributed by atoms with E-state index in [-0.39, 0.29) is 36.5 Å². The van der Waals surface area contributed by atoms with Crippen molar-refractivity contribution in [2.75, 3.05) is 0 Å². The number of hydrogen-bond acceptors (Lipinski definition) is 6. The van der Waals surface area contributed by atoms with Gasteiger partial charge in [0, 0.05) is 34.0 Å². The second-order valence-electron chi connectivity index (χ2n) is 7.74. The minimum absolute atomic E-state index is 0.0914. The molecular weight excluding hydrogens is 456 g/mol. The van der Waals surface area contributed by atoms with Crippen LogP contribution in [0.4, 0.5) is 0 Å². The Kier molecular flexibility index (Phi) is 7.00. The van der Waals surface area contributed by atoms with Gasteiger partial charge in [-0.1, -0.05) is 25.1 Å². The molecule has 0 radical (unpaired) electrons. The number of benzene rings is 1. The summed E-state index contributed by atoms with van der Waals surface area (Å²) >= 11 is 2.98. The summed E-state index contributed by atoms with van der Waals surface area (Å²) in [6, 6.07) is 11.1. The number of nitrogens with zero attached hydrogens (tertiary/aromatic N) is 2. The van der Waals surface area contributed by atoms with Crippen LogP contribution in [0.2, 0.25) is 0 Å². The van der Waals surface area contributed by atoms with Gasteiger partial charge in [0.25, 0.3) is 11.5 Å². The third-order valence-corrected chi connectivity index (χ3v) is 7.12. The standard InChI is InChI=1S/C24H24N4O3S2/c1-3-15(2)27-22(30)17-7-4-6-16(10-17)11-25-20(29)12-28-14-26-23-21(24(28)31)18(13-33-23)19-8-5-9-32-19/h4-10,13-15H,3,11-12H2,1-2H3,(H,25,29)(H,27,30). The van der Waals surface area contributed by atoms with Crippen LogP contribution in [-0.4, -0.2) is 27.4 Å². The Hall–Kier alpha value is -3.30. The van der Waals surface area contributed by atoms with E-state index in [2.05, 4.69) is 15.6 Å². The zero-order chi connectivity index (χ0) is 23.4. The first-order chi connectivity index (χ1) is 16.0. The van der Waals surface area contributed by atoms with E-state index in [1.54, 1.807) is 29.5 Å². The van der Waals surface area contributed by atoms with Crippen LogP contribution in [0.5, 0.6) is 0 Å². The van der Waals surface area contributed by atoms with Crippen molar-refractivity contribution < 1.29 is 9.59 Å². The first-order valence-electron chi connectivity index (χ1n) is 10.6. The van der Waals surface area contributed by atoms with Crippen LogP contribution < -0.4 is 16.2 Å². The Morgan fingerprint density at radius 1 is 1.18 bits per heavy atom. The summed E-state index contributed by atoms with van der Waals surface area (Å²) in [6.45, 7) is 4.09. The molecule has 4 aromatic rings. The minimum Gasteiger partial charge on any atom is -0.350 e. The number of hydrogen-bond donors (Lipinski definition) is 2. The number of amides is 2. The lowest BCUT2D eigenvalue weighted by Crippen LogP contribution is -2.33. The van der Waals surface area contributed by atoms with Crippen molar-refractivity contribution in [2.24, 2.45) is 0 Å². The molecule has 2 N–H and O–H groups in total. The molecule has 0 saturated carbocycles. The van der Waals surface area contributed by atoms with Crippen molar-refractivity contribution in [3.8, 4) is 10.4 Å². The Morgan fingerprint density at radius 3 is 2.79 bits per heavy atom. The molecule has 7 nitrogen and oxygen atoms in total. The number of rotatable bonds is 8. The molecule has 1 unspecified atom stereocenters. The van der Waals surface area contributed by atoms with E-state index in [9.17, 15) is 14.4 Å². The second kappa shape index (κ2) is 10.1. The van der Waals surface area contributed by atoms with Crippen LogP contribution in [0.3, 0.4) is 0 Å². The SMILES string of the molecule is CCC(C)NC(=O)c1cccc(CNC(=O)Cn2cnc3scc(-c4cccs4)c3c2=O)c1. The summed E-state index contributed by atoms with van der Waals surface area (Å²) in [4.78, 5) is 44.0. The molecule has 4 rings (SSSR count). The summed E-state index contributed by atoms with van der Waals surface area (Å²) in [5, 5.41) is 10.2. The smallest absolute Gasteiger partial charge is 0.263 e. The molecule has 170 valence electrons. The Morgan fingerprint density at radius 2 is 2.03 bits per heavy atom. The predicted molar refractivity (Wildman–Crippen MR) is 133 cm³/mol. The summed E-state index contributed by atoms with van der Waals surface area (Å²) in [6.07, 6.45) is 2.26. The van der Waals surface area contributed by atoms with E-state index < -0.39 is 0 Å². The van der Waals surface area contributed by atoms with Crippen LogP contribution in [-0.2, 0) is 17.9 Å². The molecule has 3 aromatic heterocycles. The number of nitrogens with one attached hydrogen (secondary N) is 2. The van der Waals surface area contributed by atoms with Crippen LogP contribution in [0.1, 0.15) is 36.2 Å². The molecule has 0 saturated heterocycles. The molecule has 1 atom stereocenters. The van der Waals surface area contributed by atoms with E-state index in [4.69, 9.17) is 0 Å². The Balaban J connectivity index is 1.44. The number of carbonyl (C=O) groups excluding carboxylic acids is 2. The summed E-state index contributed by atoms with van der Waals surface area (Å²) < 4.78 is 1.33. The van der Waals surface area contributed by atoms with Gasteiger partial charge in [-0.05, 0) is 42.5 Å². The quantitative estimate of drug-likeness (QED) is 0.398. The first kappa shape index (κ1) is 22.9. The molecule has 9 heteroatoms. The van der Waals surface area contributed by atoms with Crippen molar-refractivity contribution in [1.82, 2.24) is 20.2 Å². The maximum atomic E-state index is 13.1. The fourth-order valence-electron chi connectivity index (χ4n) is 3.34. The van der Waals surface area contributed by atoms with Gasteiger partial charge in [-0.15, -0.1) is 22.7 Å². The van der Waals surface area contributed by atoms with Gasteiger partial charge >= 0.3 is 0 Å². The van der Waals surface area contributed by atoms with Crippen molar-refractivity contribution in [1.29, 1.82) is 0 Å². The molecule has 33 heavy (non-hydrogen) atoms. The lowest BCUT2D eigenvalue weighted by Gasteiger charge is -2.12. The van der Waals surface area contributed by atoms with Gasteiger partial charge in [0.1, 0.15) is 11.4 Å². The Bertz CT molecular complexity index is 1340. The molecule has 0 aliphatic heterocycles. The number of carbonyl (C=O) groups is 2. The van der Waals surface area contributed by atoms with E-state index >= 15 is 0 Å². The number of aromatic nitrogens is 2. The van der Waals surface area contributed by atoms with Crippen molar-refractivity contribution in [3.63, 3.8) is 0 Å². The molecule has 2 amide bonds. The number of thiophene rings is 2. The number of fused-ring (bicyclic) bond motifs is 1. The van der Waals surface area contributed by atoms with E-state index in [0.717, 1.165) is 22.4 Å². The maximum Gasteiger partial charge on any atom is 0.263 e. The zero-order valence-corrected chi connectivity index (χ0v) is 20.0. The van der Waals surface area contributed by atoms with Gasteiger partial charge in [-0.3, -0.25) is 19.0 Å². The highest BCUT2D eigenvalue weighted by Gasteiger charge is 2.15. The van der Waals surface area contributed by atoms with Crippen molar-refractivity contribution >= 4 is 44.7 Å². The van der Waals surface area contributed by atoms with E-state index in [1.807, 2.05) is 42.8 Å². The maximum absolute atomic E-state index is 13.1. The largest absolute Gasteiger partial charge is 0.350 e. The highest BCUT2D eigenvalue weighted by Crippen LogP contribution is 2.33. The van der Waals surface area contributed by atoms with Crippen LogP contribution >= 0.6 is 22.7 Å². The third-order valence-electron chi connectivity index (χ3n) is 5.33. The summed E-state index contributed by atoms with van der Waals surface area (Å²) in [7, 11) is 0. The zero-order valence-electron chi connectivity index (χ0n) is 18.3. The monoisotopic (exact) mass is 480 g/mol. The molecule has 1 aromatic carbocycles. The summed E-state index contributed by atoms with van der Waals surface area (Å²) in [5.41, 5.74) is 1.97. The predicted octanol–water partition coefficient (Wildman–Crippen LogP) is 4.03. The topological polar surface area (TPSA) is 93.1 Å². The Labute approximate surface area is 199 Å². The fourth-order valence-corrected chi connectivity index (χ4v) is 5.06. The van der Waals surface area contributed by atoms with E-state index in [0.29, 0.717) is 15.8 Å². The average molecular weight is 481 g/mol. The van der Waals surface area contributed by atoms with Crippen molar-refractivity contribution in [2.45, 2.75) is 39.4 Å². The molecule has 0 aliphatic rings.